The molecule has 15 heavy (non-hydrogen) atoms. The topological polar surface area (TPSA) is 21.3 Å². The van der Waals surface area contributed by atoms with Gasteiger partial charge in [-0.2, -0.15) is 0 Å². The highest BCUT2D eigenvalue weighted by Crippen LogP contribution is 2.28. The predicted molar refractivity (Wildman–Crippen MR) is 57.1 cm³/mol. The second-order valence-corrected chi connectivity index (χ2v) is 3.94. The lowest BCUT2D eigenvalue weighted by atomic mass is 9.92. The third kappa shape index (κ3) is 2.36. The molecule has 3 heteroatoms. The summed E-state index contributed by atoms with van der Waals surface area (Å²) in [6.45, 7) is 1.63. The zero-order valence-corrected chi connectivity index (χ0v) is 8.87. The normalized spacial score (nSPS) is 22.9. The molecule has 1 aliphatic heterocycles. The van der Waals surface area contributed by atoms with Crippen LogP contribution in [-0.2, 0) is 4.74 Å². The minimum atomic E-state index is -0.184. The van der Waals surface area contributed by atoms with Crippen molar-refractivity contribution in [2.24, 2.45) is 5.92 Å². The van der Waals surface area contributed by atoms with Crippen LogP contribution in [0.25, 0.3) is 0 Å². The van der Waals surface area contributed by atoms with Gasteiger partial charge in [-0.3, -0.25) is 0 Å². The Morgan fingerprint density at radius 1 is 1.40 bits per heavy atom. The highest BCUT2D eigenvalue weighted by molar-refractivity contribution is 5.20. The van der Waals surface area contributed by atoms with Crippen LogP contribution < -0.4 is 5.32 Å². The van der Waals surface area contributed by atoms with Crippen molar-refractivity contribution < 1.29 is 9.13 Å². The Morgan fingerprint density at radius 2 is 2.13 bits per heavy atom. The quantitative estimate of drug-likeness (QED) is 0.823. The van der Waals surface area contributed by atoms with Gasteiger partial charge in [0.1, 0.15) is 5.82 Å². The van der Waals surface area contributed by atoms with Gasteiger partial charge >= 0.3 is 0 Å². The Labute approximate surface area is 89.4 Å². The van der Waals surface area contributed by atoms with E-state index < -0.39 is 0 Å². The fourth-order valence-electron chi connectivity index (χ4n) is 2.16. The Morgan fingerprint density at radius 3 is 2.67 bits per heavy atom. The summed E-state index contributed by atoms with van der Waals surface area (Å²) in [5, 5.41) is 3.28. The van der Waals surface area contributed by atoms with Gasteiger partial charge in [0, 0.05) is 18.6 Å². The van der Waals surface area contributed by atoms with Crippen molar-refractivity contribution >= 4 is 0 Å². The summed E-state index contributed by atoms with van der Waals surface area (Å²) in [5.74, 6) is 0.316. The lowest BCUT2D eigenvalue weighted by Gasteiger charge is -2.22. The largest absolute Gasteiger partial charge is 0.381 e. The van der Waals surface area contributed by atoms with Crippen molar-refractivity contribution in [3.8, 4) is 0 Å². The Hall–Kier alpha value is -0.930. The molecule has 2 unspecified atom stereocenters. The van der Waals surface area contributed by atoms with E-state index >= 15 is 0 Å². The first-order valence-electron chi connectivity index (χ1n) is 5.31. The monoisotopic (exact) mass is 209 g/mol. The fraction of sp³-hybridized carbons (Fsp3) is 0.500. The van der Waals surface area contributed by atoms with Gasteiger partial charge in [0.05, 0.1) is 6.61 Å². The first-order chi connectivity index (χ1) is 7.31. The van der Waals surface area contributed by atoms with Gasteiger partial charge in [0.2, 0.25) is 0 Å². The molecule has 2 nitrogen and oxygen atoms in total. The number of hydrogen-bond acceptors (Lipinski definition) is 2. The van der Waals surface area contributed by atoms with Gasteiger partial charge < -0.3 is 10.1 Å². The Bertz CT molecular complexity index is 306. The molecule has 1 saturated heterocycles. The molecule has 0 amide bonds. The van der Waals surface area contributed by atoms with E-state index in [9.17, 15) is 4.39 Å². The van der Waals surface area contributed by atoms with E-state index in [1.165, 1.54) is 12.1 Å². The average molecular weight is 209 g/mol. The zero-order chi connectivity index (χ0) is 10.7. The maximum atomic E-state index is 12.8. The minimum Gasteiger partial charge on any atom is -0.381 e. The van der Waals surface area contributed by atoms with Crippen LogP contribution in [0.3, 0.4) is 0 Å². The van der Waals surface area contributed by atoms with Crippen molar-refractivity contribution in [3.05, 3.63) is 35.6 Å². The molecule has 82 valence electrons. The molecule has 1 aromatic rings. The van der Waals surface area contributed by atoms with Crippen LogP contribution in [-0.4, -0.2) is 20.3 Å². The number of rotatable bonds is 3. The Balaban J connectivity index is 2.14. The van der Waals surface area contributed by atoms with E-state index in [0.29, 0.717) is 5.92 Å². The molecule has 0 spiro atoms. The lowest BCUT2D eigenvalue weighted by molar-refractivity contribution is 0.178. The van der Waals surface area contributed by atoms with Gasteiger partial charge in [-0.1, -0.05) is 12.1 Å². The Kier molecular flexibility index (Phi) is 3.34. The summed E-state index contributed by atoms with van der Waals surface area (Å²) in [6.07, 6.45) is 1.07. The molecular weight excluding hydrogens is 193 g/mol. The summed E-state index contributed by atoms with van der Waals surface area (Å²) in [5.41, 5.74) is 1.13. The highest BCUT2D eigenvalue weighted by atomic mass is 19.1. The summed E-state index contributed by atoms with van der Waals surface area (Å²) in [7, 11) is 1.94. The third-order valence-corrected chi connectivity index (χ3v) is 2.98. The van der Waals surface area contributed by atoms with Crippen molar-refractivity contribution in [1.82, 2.24) is 5.32 Å². The van der Waals surface area contributed by atoms with Crippen molar-refractivity contribution in [1.29, 1.82) is 0 Å². The predicted octanol–water partition coefficient (Wildman–Crippen LogP) is 2.12. The molecule has 0 radical (unpaired) electrons. The first kappa shape index (κ1) is 10.6. The minimum absolute atomic E-state index is 0.184. The smallest absolute Gasteiger partial charge is 0.123 e. The van der Waals surface area contributed by atoms with E-state index in [4.69, 9.17) is 4.74 Å². The first-order valence-corrected chi connectivity index (χ1v) is 5.31. The average Bonchev–Trinajstić information content (AvgIpc) is 2.75. The number of ether oxygens (including phenoxy) is 1. The maximum Gasteiger partial charge on any atom is 0.123 e. The molecule has 1 fully saturated rings. The molecule has 1 N–H and O–H groups in total. The molecular formula is C12H16FNO. The third-order valence-electron chi connectivity index (χ3n) is 2.98. The SMILES string of the molecule is CNC(c1ccc(F)cc1)C1CCOC1. The van der Waals surface area contributed by atoms with Gasteiger partial charge in [0.25, 0.3) is 0 Å². The van der Waals surface area contributed by atoms with Gasteiger partial charge in [0.15, 0.2) is 0 Å². The van der Waals surface area contributed by atoms with Crippen LogP contribution >= 0.6 is 0 Å². The van der Waals surface area contributed by atoms with Crippen LogP contribution in [0.4, 0.5) is 4.39 Å². The second kappa shape index (κ2) is 4.73. The van der Waals surface area contributed by atoms with Crippen LogP contribution in [0.2, 0.25) is 0 Å². The number of halogens is 1. The molecule has 0 bridgehead atoms. The van der Waals surface area contributed by atoms with E-state index in [-0.39, 0.29) is 11.9 Å². The maximum absolute atomic E-state index is 12.8. The molecule has 2 rings (SSSR count). The van der Waals surface area contributed by atoms with E-state index in [1.807, 2.05) is 19.2 Å². The molecule has 0 aliphatic carbocycles. The van der Waals surface area contributed by atoms with Crippen LogP contribution in [0, 0.1) is 11.7 Å². The van der Waals surface area contributed by atoms with Crippen LogP contribution in [0.15, 0.2) is 24.3 Å². The summed E-state index contributed by atoms with van der Waals surface area (Å²) in [4.78, 5) is 0. The second-order valence-electron chi connectivity index (χ2n) is 3.94. The van der Waals surface area contributed by atoms with E-state index in [0.717, 1.165) is 25.2 Å². The van der Waals surface area contributed by atoms with E-state index in [2.05, 4.69) is 5.32 Å². The van der Waals surface area contributed by atoms with Crippen molar-refractivity contribution in [2.45, 2.75) is 12.5 Å². The van der Waals surface area contributed by atoms with Gasteiger partial charge in [-0.25, -0.2) is 4.39 Å². The van der Waals surface area contributed by atoms with Crippen LogP contribution in [0.1, 0.15) is 18.0 Å². The summed E-state index contributed by atoms with van der Waals surface area (Å²) in [6, 6.07) is 6.97. The van der Waals surface area contributed by atoms with E-state index in [1.54, 1.807) is 0 Å². The standard InChI is InChI=1S/C12H16FNO/c1-14-12(10-6-7-15-8-10)9-2-4-11(13)5-3-9/h2-5,10,12,14H,6-8H2,1H3. The number of nitrogens with one attached hydrogen (secondary N) is 1. The molecule has 1 aliphatic rings. The van der Waals surface area contributed by atoms with Crippen molar-refractivity contribution in [2.75, 3.05) is 20.3 Å². The van der Waals surface area contributed by atoms with Gasteiger partial charge in [-0.05, 0) is 31.2 Å². The fourth-order valence-corrected chi connectivity index (χ4v) is 2.16. The van der Waals surface area contributed by atoms with Crippen molar-refractivity contribution in [3.63, 3.8) is 0 Å². The van der Waals surface area contributed by atoms with Crippen LogP contribution in [0.5, 0.6) is 0 Å². The summed E-state index contributed by atoms with van der Waals surface area (Å²) >= 11 is 0. The molecule has 0 aromatic heterocycles. The molecule has 1 aromatic carbocycles. The zero-order valence-electron chi connectivity index (χ0n) is 8.87. The number of benzene rings is 1. The molecule has 2 atom stereocenters. The highest BCUT2D eigenvalue weighted by Gasteiger charge is 2.25. The van der Waals surface area contributed by atoms with Gasteiger partial charge in [-0.15, -0.1) is 0 Å². The molecule has 0 saturated carbocycles. The molecule has 1 heterocycles. The summed E-state index contributed by atoms with van der Waals surface area (Å²) < 4.78 is 18.2. The number of hydrogen-bond donors (Lipinski definition) is 1. The lowest BCUT2D eigenvalue weighted by Crippen LogP contribution is -2.25.